The second kappa shape index (κ2) is 5.00. The molecule has 0 spiro atoms. The highest BCUT2D eigenvalue weighted by Crippen LogP contribution is 2.36. The van der Waals surface area contributed by atoms with E-state index in [0.29, 0.717) is 0 Å². The minimum Gasteiger partial charge on any atom is -0.497 e. The van der Waals surface area contributed by atoms with Crippen molar-refractivity contribution < 1.29 is 4.74 Å². The van der Waals surface area contributed by atoms with Crippen LogP contribution in [-0.4, -0.2) is 11.5 Å². The number of aromatic nitrogens is 1. The molecule has 122 valence electrons. The maximum absolute atomic E-state index is 5.42. The number of hydrogen-bond acceptors (Lipinski definition) is 1. The van der Waals surface area contributed by atoms with Crippen molar-refractivity contribution in [3.63, 3.8) is 0 Å². The molecule has 2 nitrogen and oxygen atoms in total. The van der Waals surface area contributed by atoms with Crippen LogP contribution in [0.15, 0.2) is 60.7 Å². The van der Waals surface area contributed by atoms with Gasteiger partial charge in [0.05, 0.1) is 23.7 Å². The van der Waals surface area contributed by atoms with Crippen molar-refractivity contribution in [1.82, 2.24) is 4.40 Å². The van der Waals surface area contributed by atoms with E-state index in [0.717, 1.165) is 5.75 Å². The molecule has 0 amide bonds. The lowest BCUT2D eigenvalue weighted by molar-refractivity contribution is 0.415. The van der Waals surface area contributed by atoms with Crippen LogP contribution < -0.4 is 4.74 Å². The molecule has 0 atom stereocenters. The summed E-state index contributed by atoms with van der Waals surface area (Å²) in [5, 5.41) is 5.12. The maximum Gasteiger partial charge on any atom is 0.119 e. The molecule has 0 radical (unpaired) electrons. The minimum absolute atomic E-state index is 0.893. The Morgan fingerprint density at radius 1 is 0.680 bits per heavy atom. The summed E-state index contributed by atoms with van der Waals surface area (Å²) in [6.07, 6.45) is 0. The van der Waals surface area contributed by atoms with E-state index in [9.17, 15) is 0 Å². The molecule has 25 heavy (non-hydrogen) atoms. The molecule has 2 aromatic heterocycles. The van der Waals surface area contributed by atoms with Gasteiger partial charge in [0.25, 0.3) is 0 Å². The van der Waals surface area contributed by atoms with Crippen molar-refractivity contribution in [2.45, 2.75) is 13.8 Å². The third kappa shape index (κ3) is 1.91. The highest BCUT2D eigenvalue weighted by atomic mass is 16.5. The fraction of sp³-hybridized carbons (Fsp3) is 0.130. The van der Waals surface area contributed by atoms with Gasteiger partial charge in [-0.2, -0.15) is 0 Å². The Kier molecular flexibility index (Phi) is 2.87. The highest BCUT2D eigenvalue weighted by Gasteiger charge is 2.13. The Morgan fingerprint density at radius 2 is 1.44 bits per heavy atom. The minimum atomic E-state index is 0.893. The van der Waals surface area contributed by atoms with Crippen molar-refractivity contribution in [3.8, 4) is 5.75 Å². The molecule has 0 bridgehead atoms. The molecule has 0 aliphatic rings. The van der Waals surface area contributed by atoms with Crippen molar-refractivity contribution in [2.24, 2.45) is 0 Å². The van der Waals surface area contributed by atoms with Crippen molar-refractivity contribution in [3.05, 3.63) is 71.8 Å². The summed E-state index contributed by atoms with van der Waals surface area (Å²) in [5.74, 6) is 0.893. The Morgan fingerprint density at radius 3 is 2.24 bits per heavy atom. The van der Waals surface area contributed by atoms with Gasteiger partial charge in [-0.1, -0.05) is 24.3 Å². The van der Waals surface area contributed by atoms with E-state index in [1.807, 2.05) is 6.07 Å². The van der Waals surface area contributed by atoms with Crippen molar-refractivity contribution in [2.75, 3.05) is 7.11 Å². The van der Waals surface area contributed by atoms with Crippen LogP contribution in [0.3, 0.4) is 0 Å². The fourth-order valence-corrected chi connectivity index (χ4v) is 3.93. The number of aryl methyl sites for hydroxylation is 2. The zero-order chi connectivity index (χ0) is 17.1. The number of para-hydroxylation sites is 1. The van der Waals surface area contributed by atoms with Gasteiger partial charge in [0.1, 0.15) is 5.75 Å². The maximum atomic E-state index is 5.42. The zero-order valence-corrected chi connectivity index (χ0v) is 14.6. The number of ether oxygens (including phenoxy) is 1. The molecule has 3 aromatic carbocycles. The predicted molar refractivity (Wildman–Crippen MR) is 106 cm³/mol. The molecule has 2 heterocycles. The number of benzene rings is 3. The van der Waals surface area contributed by atoms with Crippen LogP contribution in [0.25, 0.3) is 38.1 Å². The van der Waals surface area contributed by atoms with Gasteiger partial charge in [0.15, 0.2) is 0 Å². The molecule has 0 aliphatic heterocycles. The number of nitrogens with zero attached hydrogens (tertiary/aromatic N) is 1. The summed E-state index contributed by atoms with van der Waals surface area (Å²) in [6.45, 7) is 4.37. The van der Waals surface area contributed by atoms with E-state index in [-0.39, 0.29) is 0 Å². The first-order valence-electron chi connectivity index (χ1n) is 8.58. The molecule has 0 saturated heterocycles. The Bertz CT molecular complexity index is 1290. The summed E-state index contributed by atoms with van der Waals surface area (Å²) in [6, 6.07) is 21.9. The molecule has 0 saturated carbocycles. The number of pyridine rings is 1. The van der Waals surface area contributed by atoms with E-state index in [1.165, 1.54) is 49.2 Å². The van der Waals surface area contributed by atoms with E-state index in [4.69, 9.17) is 4.74 Å². The van der Waals surface area contributed by atoms with Crippen LogP contribution in [0.1, 0.15) is 11.1 Å². The quantitative estimate of drug-likeness (QED) is 0.343. The molecule has 0 unspecified atom stereocenters. The van der Waals surface area contributed by atoms with Crippen LogP contribution in [0.4, 0.5) is 0 Å². The monoisotopic (exact) mass is 325 g/mol. The average Bonchev–Trinajstić information content (AvgIpc) is 3.02. The lowest BCUT2D eigenvalue weighted by Gasteiger charge is -2.12. The van der Waals surface area contributed by atoms with Gasteiger partial charge >= 0.3 is 0 Å². The van der Waals surface area contributed by atoms with Gasteiger partial charge in [-0.25, -0.2) is 0 Å². The third-order valence-electron chi connectivity index (χ3n) is 5.35. The van der Waals surface area contributed by atoms with Crippen molar-refractivity contribution >= 4 is 38.1 Å². The molecular formula is C23H19NO. The lowest BCUT2D eigenvalue weighted by atomic mass is 9.99. The van der Waals surface area contributed by atoms with Gasteiger partial charge in [-0.15, -0.1) is 0 Å². The lowest BCUT2D eigenvalue weighted by Crippen LogP contribution is -1.92. The van der Waals surface area contributed by atoms with Crippen LogP contribution in [0, 0.1) is 13.8 Å². The molecule has 0 fully saturated rings. The topological polar surface area (TPSA) is 13.6 Å². The summed E-state index contributed by atoms with van der Waals surface area (Å²) >= 11 is 0. The smallest absolute Gasteiger partial charge is 0.119 e. The number of fused-ring (bicyclic) bond motifs is 8. The molecule has 0 aliphatic carbocycles. The van der Waals surface area contributed by atoms with Gasteiger partial charge in [0.2, 0.25) is 0 Å². The highest BCUT2D eigenvalue weighted by molar-refractivity contribution is 6.16. The summed E-state index contributed by atoms with van der Waals surface area (Å²) in [4.78, 5) is 0. The number of methoxy groups -OCH3 is 1. The summed E-state index contributed by atoms with van der Waals surface area (Å²) in [5.41, 5.74) is 6.37. The number of hydrogen-bond donors (Lipinski definition) is 0. The van der Waals surface area contributed by atoms with Crippen LogP contribution in [-0.2, 0) is 0 Å². The average molecular weight is 325 g/mol. The summed E-state index contributed by atoms with van der Waals surface area (Å²) < 4.78 is 7.80. The standard InChI is InChI=1S/C23H19NO/c1-14-10-19-18-6-4-5-7-22(18)24-21-9-8-17(25-3)12-16(21)13-23(24)20(19)11-15(14)2/h4-13H,1-3H3. The zero-order valence-electron chi connectivity index (χ0n) is 14.6. The normalized spacial score (nSPS) is 11.8. The molecule has 5 aromatic rings. The largest absolute Gasteiger partial charge is 0.497 e. The second-order valence-corrected chi connectivity index (χ2v) is 6.79. The van der Waals surface area contributed by atoms with E-state index >= 15 is 0 Å². The van der Waals surface area contributed by atoms with E-state index in [1.54, 1.807) is 7.11 Å². The first kappa shape index (κ1) is 14.4. The van der Waals surface area contributed by atoms with Gasteiger partial charge in [-0.3, -0.25) is 0 Å². The van der Waals surface area contributed by atoms with Gasteiger partial charge < -0.3 is 9.14 Å². The first-order valence-corrected chi connectivity index (χ1v) is 8.58. The molecular weight excluding hydrogens is 306 g/mol. The third-order valence-corrected chi connectivity index (χ3v) is 5.35. The fourth-order valence-electron chi connectivity index (χ4n) is 3.93. The number of rotatable bonds is 1. The van der Waals surface area contributed by atoms with Gasteiger partial charge in [-0.05, 0) is 66.8 Å². The molecule has 0 N–H and O–H groups in total. The van der Waals surface area contributed by atoms with Gasteiger partial charge in [0, 0.05) is 16.2 Å². The van der Waals surface area contributed by atoms with E-state index in [2.05, 4.69) is 72.8 Å². The Balaban J connectivity index is 2.12. The van der Waals surface area contributed by atoms with Crippen molar-refractivity contribution in [1.29, 1.82) is 0 Å². The van der Waals surface area contributed by atoms with Crippen LogP contribution >= 0.6 is 0 Å². The second-order valence-electron chi connectivity index (χ2n) is 6.79. The van der Waals surface area contributed by atoms with E-state index < -0.39 is 0 Å². The Labute approximate surface area is 146 Å². The molecule has 2 heteroatoms. The summed E-state index contributed by atoms with van der Waals surface area (Å²) in [7, 11) is 1.72. The van der Waals surface area contributed by atoms with Crippen LogP contribution in [0.5, 0.6) is 5.75 Å². The first-order chi connectivity index (χ1) is 12.2. The SMILES string of the molecule is COc1ccc2c(c1)cc1c3cc(C)c(C)cc3c3ccccc3n21. The Hall–Kier alpha value is -3.00. The molecule has 5 rings (SSSR count). The predicted octanol–water partition coefficient (Wildman–Crippen LogP) is 6.02. The van der Waals surface area contributed by atoms with Crippen LogP contribution in [0.2, 0.25) is 0 Å².